The number of anilines is 1. The molecule has 2 nitrogen and oxygen atoms in total. The second kappa shape index (κ2) is 6.22. The lowest BCUT2D eigenvalue weighted by Gasteiger charge is -2.33. The van der Waals surface area contributed by atoms with Crippen molar-refractivity contribution in [3.8, 4) is 11.1 Å². The Balaban J connectivity index is 1.99. The van der Waals surface area contributed by atoms with Crippen LogP contribution in [0, 0.1) is 20.8 Å². The molecular formula is C21H21ClN2S2. The number of aryl methyl sites for hydroxylation is 3. The molecule has 1 aliphatic heterocycles. The van der Waals surface area contributed by atoms with Gasteiger partial charge in [-0.3, -0.25) is 0 Å². The van der Waals surface area contributed by atoms with E-state index in [0.717, 1.165) is 20.9 Å². The summed E-state index contributed by atoms with van der Waals surface area (Å²) in [4.78, 5) is 6.29. The summed E-state index contributed by atoms with van der Waals surface area (Å²) < 4.78 is 1.06. The fourth-order valence-electron chi connectivity index (χ4n) is 3.28. The van der Waals surface area contributed by atoms with Gasteiger partial charge in [-0.1, -0.05) is 38.3 Å². The average Bonchev–Trinajstić information content (AvgIpc) is 2.98. The van der Waals surface area contributed by atoms with Gasteiger partial charge >= 0.3 is 0 Å². The van der Waals surface area contributed by atoms with Crippen LogP contribution < -0.4 is 9.99 Å². The van der Waals surface area contributed by atoms with Gasteiger partial charge in [0.15, 0.2) is 0 Å². The van der Waals surface area contributed by atoms with Crippen LogP contribution in [0.2, 0.25) is 5.02 Å². The Morgan fingerprint density at radius 1 is 0.962 bits per heavy atom. The molecule has 0 amide bonds. The standard InChI is InChI=1S/C21H21ClN2S2/c1-11-6-7-14(10-16(11)22)23-20-18-15-8-12(2)13(3)9-17(15)24-21(4,5)19(18)25-26-20/h6-10,24H,1-5H3. The molecule has 2 aromatic carbocycles. The summed E-state index contributed by atoms with van der Waals surface area (Å²) in [5.41, 5.74) is 8.17. The monoisotopic (exact) mass is 400 g/mol. The van der Waals surface area contributed by atoms with Gasteiger partial charge in [-0.15, -0.1) is 0 Å². The van der Waals surface area contributed by atoms with Crippen LogP contribution in [0.5, 0.6) is 0 Å². The Hall–Kier alpha value is -1.62. The van der Waals surface area contributed by atoms with Crippen molar-refractivity contribution in [1.29, 1.82) is 0 Å². The van der Waals surface area contributed by atoms with Crippen LogP contribution >= 0.6 is 32.3 Å². The van der Waals surface area contributed by atoms with Crippen LogP contribution in [0.15, 0.2) is 35.3 Å². The molecule has 3 aromatic rings. The molecule has 0 fully saturated rings. The molecule has 0 spiro atoms. The van der Waals surface area contributed by atoms with Gasteiger partial charge in [0.25, 0.3) is 0 Å². The molecule has 0 atom stereocenters. The van der Waals surface area contributed by atoms with E-state index in [4.69, 9.17) is 16.6 Å². The normalized spacial score (nSPS) is 15.4. The van der Waals surface area contributed by atoms with E-state index in [0.29, 0.717) is 0 Å². The van der Waals surface area contributed by atoms with Crippen molar-refractivity contribution in [3.05, 3.63) is 61.6 Å². The van der Waals surface area contributed by atoms with E-state index in [1.54, 1.807) is 10.3 Å². The number of rotatable bonds is 1. The van der Waals surface area contributed by atoms with Crippen LogP contribution in [-0.2, 0) is 5.54 Å². The summed E-state index contributed by atoms with van der Waals surface area (Å²) in [6.45, 7) is 10.8. The molecule has 0 radical (unpaired) electrons. The number of nitrogens with one attached hydrogen (secondary N) is 1. The lowest BCUT2D eigenvalue weighted by atomic mass is 9.88. The lowest BCUT2D eigenvalue weighted by Crippen LogP contribution is -2.31. The molecule has 1 aliphatic rings. The Labute approximate surface area is 166 Å². The predicted octanol–water partition coefficient (Wildman–Crippen LogP) is 6.95. The first-order valence-electron chi connectivity index (χ1n) is 8.60. The highest BCUT2D eigenvalue weighted by Crippen LogP contribution is 2.46. The number of benzene rings is 2. The smallest absolute Gasteiger partial charge is 0.135 e. The summed E-state index contributed by atoms with van der Waals surface area (Å²) in [5.74, 6) is 0. The lowest BCUT2D eigenvalue weighted by molar-refractivity contribution is 0.619. The molecule has 5 heteroatoms. The van der Waals surface area contributed by atoms with E-state index in [9.17, 15) is 0 Å². The molecule has 2 heterocycles. The van der Waals surface area contributed by atoms with E-state index in [2.05, 4.69) is 45.1 Å². The van der Waals surface area contributed by atoms with Crippen molar-refractivity contribution in [2.45, 2.75) is 40.2 Å². The van der Waals surface area contributed by atoms with Crippen LogP contribution in [0.4, 0.5) is 11.4 Å². The van der Waals surface area contributed by atoms with Crippen molar-refractivity contribution in [2.24, 2.45) is 4.99 Å². The molecule has 0 saturated carbocycles. The van der Waals surface area contributed by atoms with E-state index < -0.39 is 0 Å². The van der Waals surface area contributed by atoms with Gasteiger partial charge in [-0.2, -0.15) is 0 Å². The maximum Gasteiger partial charge on any atom is 0.135 e. The van der Waals surface area contributed by atoms with Crippen LogP contribution in [0.1, 0.15) is 35.4 Å². The Morgan fingerprint density at radius 2 is 1.69 bits per heavy atom. The van der Waals surface area contributed by atoms with Crippen LogP contribution in [-0.4, -0.2) is 0 Å². The van der Waals surface area contributed by atoms with E-state index in [1.807, 2.05) is 35.5 Å². The van der Waals surface area contributed by atoms with Crippen molar-refractivity contribution in [2.75, 3.05) is 5.32 Å². The van der Waals surface area contributed by atoms with Crippen LogP contribution in [0.25, 0.3) is 11.1 Å². The fourth-order valence-corrected chi connectivity index (χ4v) is 6.39. The Bertz CT molecular complexity index is 1090. The summed E-state index contributed by atoms with van der Waals surface area (Å²) in [5, 5.41) is 4.47. The number of hydrogen-bond acceptors (Lipinski definition) is 4. The molecule has 26 heavy (non-hydrogen) atoms. The van der Waals surface area contributed by atoms with Gasteiger partial charge in [0.05, 0.1) is 16.1 Å². The Kier molecular flexibility index (Phi) is 4.25. The summed E-state index contributed by atoms with van der Waals surface area (Å²) in [6.07, 6.45) is 0. The highest BCUT2D eigenvalue weighted by atomic mass is 35.5. The maximum atomic E-state index is 6.30. The second-order valence-corrected chi connectivity index (χ2v) is 9.99. The van der Waals surface area contributed by atoms with Gasteiger partial charge < -0.3 is 5.32 Å². The number of fused-ring (bicyclic) bond motifs is 3. The third-order valence-corrected chi connectivity index (χ3v) is 8.00. The molecule has 0 unspecified atom stereocenters. The minimum atomic E-state index is -0.107. The third kappa shape index (κ3) is 2.90. The molecule has 1 aromatic heterocycles. The molecule has 4 rings (SSSR count). The highest BCUT2D eigenvalue weighted by Gasteiger charge is 2.33. The first-order chi connectivity index (χ1) is 12.3. The van der Waals surface area contributed by atoms with Crippen LogP contribution in [0.3, 0.4) is 0 Å². The van der Waals surface area contributed by atoms with E-state index in [1.165, 1.54) is 32.8 Å². The zero-order valence-corrected chi connectivity index (χ0v) is 17.9. The molecular weight excluding hydrogens is 380 g/mol. The fraction of sp³-hybridized carbons (Fsp3) is 0.286. The number of nitrogens with zero attached hydrogens (tertiary/aromatic N) is 1. The van der Waals surface area contributed by atoms with Gasteiger partial charge in [-0.05, 0) is 75.6 Å². The Morgan fingerprint density at radius 3 is 2.42 bits per heavy atom. The average molecular weight is 401 g/mol. The first kappa shape index (κ1) is 17.8. The molecule has 134 valence electrons. The summed E-state index contributed by atoms with van der Waals surface area (Å²) >= 11 is 6.30. The number of halogens is 1. The molecule has 0 bridgehead atoms. The van der Waals surface area contributed by atoms with Crippen molar-refractivity contribution < 1.29 is 0 Å². The second-order valence-electron chi connectivity index (χ2n) is 7.45. The quantitative estimate of drug-likeness (QED) is 0.439. The van der Waals surface area contributed by atoms with Gasteiger partial charge in [0.2, 0.25) is 0 Å². The molecule has 1 N–H and O–H groups in total. The van der Waals surface area contributed by atoms with Crippen molar-refractivity contribution >= 4 is 43.7 Å². The maximum absolute atomic E-state index is 6.30. The topological polar surface area (TPSA) is 24.4 Å². The zero-order valence-electron chi connectivity index (χ0n) is 15.5. The summed E-state index contributed by atoms with van der Waals surface area (Å²) in [7, 11) is 3.55. The van der Waals surface area contributed by atoms with Gasteiger partial charge in [0.1, 0.15) is 4.67 Å². The van der Waals surface area contributed by atoms with Gasteiger partial charge in [-0.25, -0.2) is 4.99 Å². The minimum Gasteiger partial charge on any atom is -0.375 e. The van der Waals surface area contributed by atoms with Gasteiger partial charge in [0, 0.05) is 21.8 Å². The summed E-state index contributed by atoms with van der Waals surface area (Å²) in [6, 6.07) is 10.5. The predicted molar refractivity (Wildman–Crippen MR) is 115 cm³/mol. The van der Waals surface area contributed by atoms with Crippen molar-refractivity contribution in [3.63, 3.8) is 0 Å². The zero-order chi connectivity index (χ0) is 18.6. The van der Waals surface area contributed by atoms with E-state index >= 15 is 0 Å². The first-order valence-corrected chi connectivity index (χ1v) is 11.1. The van der Waals surface area contributed by atoms with Crippen molar-refractivity contribution in [1.82, 2.24) is 0 Å². The van der Waals surface area contributed by atoms with E-state index in [-0.39, 0.29) is 5.54 Å². The molecule has 0 saturated heterocycles. The largest absolute Gasteiger partial charge is 0.375 e. The third-order valence-electron chi connectivity index (χ3n) is 4.95. The minimum absolute atomic E-state index is 0.107. The highest BCUT2D eigenvalue weighted by molar-refractivity contribution is 7.68. The number of hydrogen-bond donors (Lipinski definition) is 1. The SMILES string of the molecule is Cc1cc2c(cc1C)-c1c(ssc1=Nc1ccc(C)c(Cl)c1)C(C)(C)N2. The molecule has 0 aliphatic carbocycles.